The summed E-state index contributed by atoms with van der Waals surface area (Å²) in [4.78, 5) is 35.9. The number of halogens is 3. The van der Waals surface area contributed by atoms with Crippen LogP contribution in [0, 0.1) is 5.92 Å². The van der Waals surface area contributed by atoms with Crippen LogP contribution in [-0.2, 0) is 28.9 Å². The number of rotatable bonds is 7. The van der Waals surface area contributed by atoms with E-state index in [1.807, 2.05) is 13.8 Å². The summed E-state index contributed by atoms with van der Waals surface area (Å²) in [6, 6.07) is 8.60. The summed E-state index contributed by atoms with van der Waals surface area (Å²) in [5.74, 6) is -0.859. The predicted octanol–water partition coefficient (Wildman–Crippen LogP) is 3.17. The third-order valence-corrected chi connectivity index (χ3v) is 4.38. The molecule has 0 fully saturated rings. The Morgan fingerprint density at radius 1 is 1.17 bits per heavy atom. The lowest BCUT2D eigenvalue weighted by atomic mass is 10.1. The molecule has 1 aromatic heterocycles. The maximum absolute atomic E-state index is 12.8. The van der Waals surface area contributed by atoms with E-state index in [2.05, 4.69) is 10.6 Å². The number of carbonyl (C=O) groups excluding carboxylic acids is 2. The van der Waals surface area contributed by atoms with E-state index in [4.69, 9.17) is 0 Å². The van der Waals surface area contributed by atoms with Gasteiger partial charge in [-0.2, -0.15) is 13.2 Å². The highest BCUT2D eigenvalue weighted by Crippen LogP contribution is 2.25. The lowest BCUT2D eigenvalue weighted by molar-refractivity contribution is -0.139. The van der Waals surface area contributed by atoms with Crippen molar-refractivity contribution in [3.63, 3.8) is 0 Å². The second-order valence-electron chi connectivity index (χ2n) is 6.63. The normalized spacial score (nSPS) is 12.3. The van der Waals surface area contributed by atoms with Gasteiger partial charge in [-0.1, -0.05) is 26.0 Å². The van der Waals surface area contributed by atoms with E-state index < -0.39 is 29.8 Å². The largest absolute Gasteiger partial charge is 0.421 e. The van der Waals surface area contributed by atoms with Gasteiger partial charge in [0.05, 0.1) is 0 Å². The minimum absolute atomic E-state index is 0.0968. The van der Waals surface area contributed by atoms with Gasteiger partial charge in [0.15, 0.2) is 0 Å². The van der Waals surface area contributed by atoms with Crippen LogP contribution in [0.25, 0.3) is 0 Å². The third kappa shape index (κ3) is 6.20. The highest BCUT2D eigenvalue weighted by atomic mass is 19.4. The molecule has 2 rings (SSSR count). The summed E-state index contributed by atoms with van der Waals surface area (Å²) < 4.78 is 39.1. The van der Waals surface area contributed by atoms with Crippen molar-refractivity contribution in [3.8, 4) is 0 Å². The van der Waals surface area contributed by atoms with Gasteiger partial charge < -0.3 is 15.2 Å². The molecule has 156 valence electrons. The van der Waals surface area contributed by atoms with Gasteiger partial charge in [0.25, 0.3) is 5.56 Å². The van der Waals surface area contributed by atoms with Gasteiger partial charge in [0, 0.05) is 24.3 Å². The topological polar surface area (TPSA) is 80.2 Å². The van der Waals surface area contributed by atoms with Crippen molar-refractivity contribution in [1.82, 2.24) is 9.88 Å². The molecule has 1 atom stereocenters. The zero-order valence-electron chi connectivity index (χ0n) is 16.0. The van der Waals surface area contributed by atoms with Crippen LogP contribution in [0.1, 0.15) is 31.4 Å². The van der Waals surface area contributed by atoms with Crippen LogP contribution >= 0.6 is 0 Å². The molecule has 1 unspecified atom stereocenters. The van der Waals surface area contributed by atoms with E-state index in [-0.39, 0.29) is 18.4 Å². The molecule has 0 bridgehead atoms. The second kappa shape index (κ2) is 9.40. The number of hydrogen-bond acceptors (Lipinski definition) is 3. The minimum Gasteiger partial charge on any atom is -0.350 e. The number of aromatic nitrogens is 1. The highest BCUT2D eigenvalue weighted by Gasteiger charge is 2.34. The zero-order valence-corrected chi connectivity index (χ0v) is 16.0. The van der Waals surface area contributed by atoms with Gasteiger partial charge in [-0.3, -0.25) is 14.4 Å². The van der Waals surface area contributed by atoms with Crippen molar-refractivity contribution in [2.45, 2.75) is 39.5 Å². The van der Waals surface area contributed by atoms with Crippen molar-refractivity contribution in [3.05, 3.63) is 64.1 Å². The summed E-state index contributed by atoms with van der Waals surface area (Å²) in [6.07, 6.45) is -2.95. The first-order chi connectivity index (χ1) is 13.6. The number of pyridine rings is 1. The molecule has 0 saturated heterocycles. The van der Waals surface area contributed by atoms with E-state index in [1.54, 1.807) is 24.3 Å². The quantitative estimate of drug-likeness (QED) is 0.737. The van der Waals surface area contributed by atoms with E-state index >= 15 is 0 Å². The number of anilines is 1. The molecule has 0 saturated carbocycles. The lowest BCUT2D eigenvalue weighted by Crippen LogP contribution is -2.34. The first-order valence-electron chi connectivity index (χ1n) is 9.05. The Balaban J connectivity index is 1.99. The molecule has 1 aromatic carbocycles. The van der Waals surface area contributed by atoms with E-state index in [0.29, 0.717) is 28.3 Å². The number of benzene rings is 1. The van der Waals surface area contributed by atoms with Crippen molar-refractivity contribution >= 4 is 17.5 Å². The first-order valence-corrected chi connectivity index (χ1v) is 9.05. The van der Waals surface area contributed by atoms with Crippen molar-refractivity contribution in [2.24, 2.45) is 5.92 Å². The first kappa shape index (κ1) is 22.2. The van der Waals surface area contributed by atoms with Gasteiger partial charge in [-0.15, -0.1) is 0 Å². The molecule has 0 spiro atoms. The van der Waals surface area contributed by atoms with Crippen LogP contribution in [-0.4, -0.2) is 16.4 Å². The van der Waals surface area contributed by atoms with Crippen molar-refractivity contribution in [2.75, 3.05) is 5.32 Å². The maximum Gasteiger partial charge on any atom is 0.421 e. The summed E-state index contributed by atoms with van der Waals surface area (Å²) in [5.41, 5.74) is -1.32. The van der Waals surface area contributed by atoms with Gasteiger partial charge in [0.2, 0.25) is 11.8 Å². The molecule has 2 N–H and O–H groups in total. The Labute approximate surface area is 165 Å². The monoisotopic (exact) mass is 409 g/mol. The van der Waals surface area contributed by atoms with Gasteiger partial charge in [-0.25, -0.2) is 0 Å². The molecule has 29 heavy (non-hydrogen) atoms. The maximum atomic E-state index is 12.8. The fourth-order valence-corrected chi connectivity index (χ4v) is 2.50. The Bertz CT molecular complexity index is 938. The Hall–Kier alpha value is -3.10. The lowest BCUT2D eigenvalue weighted by Gasteiger charge is -2.12. The molecule has 1 heterocycles. The summed E-state index contributed by atoms with van der Waals surface area (Å²) >= 11 is 0. The third-order valence-electron chi connectivity index (χ3n) is 4.38. The van der Waals surface area contributed by atoms with Crippen LogP contribution < -0.4 is 16.2 Å². The molecule has 9 heteroatoms. The predicted molar refractivity (Wildman–Crippen MR) is 102 cm³/mol. The van der Waals surface area contributed by atoms with Crippen LogP contribution in [0.2, 0.25) is 0 Å². The summed E-state index contributed by atoms with van der Waals surface area (Å²) in [5, 5.41) is 5.34. The second-order valence-corrected chi connectivity index (χ2v) is 6.63. The minimum atomic E-state index is -4.78. The van der Waals surface area contributed by atoms with E-state index in [0.717, 1.165) is 12.3 Å². The molecule has 0 aliphatic heterocycles. The molecule has 0 aliphatic carbocycles. The highest BCUT2D eigenvalue weighted by molar-refractivity contribution is 5.92. The van der Waals surface area contributed by atoms with Crippen LogP contribution in [0.4, 0.5) is 18.9 Å². The van der Waals surface area contributed by atoms with E-state index in [1.165, 1.54) is 0 Å². The number of nitrogens with zero attached hydrogens (tertiary/aromatic N) is 1. The Morgan fingerprint density at radius 2 is 1.90 bits per heavy atom. The fourth-order valence-electron chi connectivity index (χ4n) is 2.50. The van der Waals surface area contributed by atoms with Crippen molar-refractivity contribution in [1.29, 1.82) is 0 Å². The summed E-state index contributed by atoms with van der Waals surface area (Å²) in [7, 11) is 0. The average Bonchev–Trinajstić information content (AvgIpc) is 2.66. The average molecular weight is 409 g/mol. The van der Waals surface area contributed by atoms with Gasteiger partial charge in [0.1, 0.15) is 12.1 Å². The van der Waals surface area contributed by atoms with Crippen molar-refractivity contribution < 1.29 is 22.8 Å². The molecular weight excluding hydrogens is 387 g/mol. The number of amides is 2. The fraction of sp³-hybridized carbons (Fsp3) is 0.350. The molecule has 6 nitrogen and oxygen atoms in total. The van der Waals surface area contributed by atoms with Crippen LogP contribution in [0.15, 0.2) is 47.4 Å². The smallest absolute Gasteiger partial charge is 0.350 e. The molecule has 2 amide bonds. The van der Waals surface area contributed by atoms with Crippen LogP contribution in [0.3, 0.4) is 0 Å². The summed E-state index contributed by atoms with van der Waals surface area (Å²) in [6.45, 7) is 3.29. The number of nitrogens with one attached hydrogen (secondary N) is 2. The molecular formula is C20H22F3N3O3. The van der Waals surface area contributed by atoms with E-state index in [9.17, 15) is 27.6 Å². The molecule has 0 aliphatic rings. The molecule has 0 radical (unpaired) electrons. The van der Waals surface area contributed by atoms with Crippen LogP contribution in [0.5, 0.6) is 0 Å². The molecule has 2 aromatic rings. The number of carbonyl (C=O) groups is 2. The number of alkyl halides is 3. The zero-order chi connectivity index (χ0) is 21.6. The van der Waals surface area contributed by atoms with Gasteiger partial charge in [-0.05, 0) is 36.2 Å². The standard InChI is InChI=1S/C20H22F3N3O3/c1-3-13(2)18(28)25-15-7-4-6-14(10-15)11-24-17(27)12-26-9-5-8-16(19(26)29)20(21,22)23/h4-10,13H,3,11-12H2,1-2H3,(H,24,27)(H,25,28). The number of hydrogen-bond donors (Lipinski definition) is 2. The Morgan fingerprint density at radius 3 is 2.55 bits per heavy atom. The van der Waals surface area contributed by atoms with Gasteiger partial charge >= 0.3 is 6.18 Å². The Kier molecular flexibility index (Phi) is 7.19. The SMILES string of the molecule is CCC(C)C(=O)Nc1cccc(CNC(=O)Cn2cccc(C(F)(F)F)c2=O)c1.